The minimum absolute atomic E-state index is 0.103. The van der Waals surface area contributed by atoms with E-state index in [0.29, 0.717) is 5.92 Å². The maximum absolute atomic E-state index is 5.98. The maximum atomic E-state index is 5.98. The summed E-state index contributed by atoms with van der Waals surface area (Å²) in [6.45, 7) is 1.81. The van der Waals surface area contributed by atoms with Gasteiger partial charge in [0.2, 0.25) is 0 Å². The molecule has 0 spiro atoms. The molecule has 1 heterocycles. The molecule has 0 N–H and O–H groups in total. The molecule has 2 fully saturated rings. The SMILES string of the molecule is C1CCCC(C2OCCCCCCO2)CCC1. The average molecular weight is 240 g/mol. The first kappa shape index (κ1) is 13.4. The van der Waals surface area contributed by atoms with Crippen molar-refractivity contribution in [3.8, 4) is 0 Å². The Morgan fingerprint density at radius 3 is 1.59 bits per heavy atom. The molecule has 0 unspecified atom stereocenters. The molecule has 100 valence electrons. The van der Waals surface area contributed by atoms with Gasteiger partial charge in [-0.2, -0.15) is 0 Å². The molecular formula is C15H28O2. The summed E-state index contributed by atoms with van der Waals surface area (Å²) >= 11 is 0. The van der Waals surface area contributed by atoms with Gasteiger partial charge in [-0.05, 0) is 25.7 Å². The fraction of sp³-hybridized carbons (Fsp3) is 1.00. The van der Waals surface area contributed by atoms with Crippen molar-refractivity contribution < 1.29 is 9.47 Å². The van der Waals surface area contributed by atoms with E-state index in [1.54, 1.807) is 0 Å². The summed E-state index contributed by atoms with van der Waals surface area (Å²) in [6, 6.07) is 0. The first-order valence-corrected chi connectivity index (χ1v) is 7.70. The van der Waals surface area contributed by atoms with Gasteiger partial charge in [0.05, 0.1) is 0 Å². The van der Waals surface area contributed by atoms with Crippen molar-refractivity contribution in [1.82, 2.24) is 0 Å². The van der Waals surface area contributed by atoms with Crippen molar-refractivity contribution in [1.29, 1.82) is 0 Å². The Balaban J connectivity index is 1.82. The van der Waals surface area contributed by atoms with E-state index >= 15 is 0 Å². The van der Waals surface area contributed by atoms with E-state index in [0.717, 1.165) is 13.2 Å². The first-order chi connectivity index (χ1) is 8.47. The van der Waals surface area contributed by atoms with Crippen LogP contribution >= 0.6 is 0 Å². The molecule has 2 heteroatoms. The van der Waals surface area contributed by atoms with Crippen LogP contribution in [0.1, 0.15) is 70.6 Å². The Bertz CT molecular complexity index is 175. The molecule has 1 aliphatic heterocycles. The van der Waals surface area contributed by atoms with Crippen LogP contribution in [0.15, 0.2) is 0 Å². The van der Waals surface area contributed by atoms with Gasteiger partial charge in [-0.1, -0.05) is 44.9 Å². The van der Waals surface area contributed by atoms with Crippen molar-refractivity contribution >= 4 is 0 Å². The highest BCUT2D eigenvalue weighted by atomic mass is 16.7. The lowest BCUT2D eigenvalue weighted by atomic mass is 9.90. The molecular weight excluding hydrogens is 212 g/mol. The zero-order valence-electron chi connectivity index (χ0n) is 11.2. The maximum Gasteiger partial charge on any atom is 0.160 e. The fourth-order valence-corrected chi connectivity index (χ4v) is 3.04. The van der Waals surface area contributed by atoms with E-state index in [2.05, 4.69) is 0 Å². The van der Waals surface area contributed by atoms with Crippen LogP contribution in [-0.2, 0) is 9.47 Å². The number of rotatable bonds is 1. The van der Waals surface area contributed by atoms with Gasteiger partial charge >= 0.3 is 0 Å². The second-order valence-corrected chi connectivity index (χ2v) is 5.63. The van der Waals surface area contributed by atoms with Gasteiger partial charge in [-0.25, -0.2) is 0 Å². The molecule has 2 rings (SSSR count). The lowest BCUT2D eigenvalue weighted by molar-refractivity contribution is -0.174. The van der Waals surface area contributed by atoms with Gasteiger partial charge in [-0.3, -0.25) is 0 Å². The van der Waals surface area contributed by atoms with Crippen LogP contribution < -0.4 is 0 Å². The van der Waals surface area contributed by atoms with Crippen molar-refractivity contribution in [2.75, 3.05) is 13.2 Å². The largest absolute Gasteiger partial charge is 0.352 e. The Kier molecular flexibility index (Phi) is 6.36. The lowest BCUT2D eigenvalue weighted by Gasteiger charge is -2.28. The van der Waals surface area contributed by atoms with Crippen LogP contribution in [0.4, 0.5) is 0 Å². The summed E-state index contributed by atoms with van der Waals surface area (Å²) in [7, 11) is 0. The van der Waals surface area contributed by atoms with E-state index < -0.39 is 0 Å². The quantitative estimate of drug-likeness (QED) is 0.681. The third-order valence-corrected chi connectivity index (χ3v) is 4.14. The summed E-state index contributed by atoms with van der Waals surface area (Å²) < 4.78 is 12.0. The van der Waals surface area contributed by atoms with Gasteiger partial charge in [0.1, 0.15) is 0 Å². The Hall–Kier alpha value is -0.0800. The topological polar surface area (TPSA) is 18.5 Å². The Labute approximate surface area is 106 Å². The van der Waals surface area contributed by atoms with Crippen LogP contribution in [0.3, 0.4) is 0 Å². The Morgan fingerprint density at radius 2 is 1.00 bits per heavy atom. The molecule has 0 bridgehead atoms. The Morgan fingerprint density at radius 1 is 0.529 bits per heavy atom. The molecule has 0 radical (unpaired) electrons. The highest BCUT2D eigenvalue weighted by Crippen LogP contribution is 2.27. The van der Waals surface area contributed by atoms with E-state index in [1.807, 2.05) is 0 Å². The van der Waals surface area contributed by atoms with Crippen LogP contribution in [0.5, 0.6) is 0 Å². The highest BCUT2D eigenvalue weighted by Gasteiger charge is 2.23. The van der Waals surface area contributed by atoms with Gasteiger partial charge in [0, 0.05) is 19.1 Å². The van der Waals surface area contributed by atoms with Gasteiger partial charge in [-0.15, -0.1) is 0 Å². The zero-order valence-corrected chi connectivity index (χ0v) is 11.2. The summed E-state index contributed by atoms with van der Waals surface area (Å²) in [4.78, 5) is 0. The summed E-state index contributed by atoms with van der Waals surface area (Å²) in [5.74, 6) is 0.661. The third-order valence-electron chi connectivity index (χ3n) is 4.14. The zero-order chi connectivity index (χ0) is 11.8. The lowest BCUT2D eigenvalue weighted by Crippen LogP contribution is -2.28. The average Bonchev–Trinajstić information content (AvgIpc) is 2.42. The van der Waals surface area contributed by atoms with Crippen molar-refractivity contribution in [2.24, 2.45) is 5.92 Å². The fourth-order valence-electron chi connectivity index (χ4n) is 3.04. The molecule has 2 aliphatic rings. The normalized spacial score (nSPS) is 27.5. The summed E-state index contributed by atoms with van der Waals surface area (Å²) in [5, 5.41) is 0. The standard InChI is InChI=1S/C15H28O2/c1-2-6-10-14(11-7-3-1)15-16-12-8-4-5-9-13-17-15/h14-15H,1-13H2. The van der Waals surface area contributed by atoms with Crippen molar-refractivity contribution in [3.63, 3.8) is 0 Å². The van der Waals surface area contributed by atoms with E-state index in [4.69, 9.17) is 9.47 Å². The van der Waals surface area contributed by atoms with Crippen LogP contribution in [0.25, 0.3) is 0 Å². The minimum atomic E-state index is 0.103. The van der Waals surface area contributed by atoms with Crippen molar-refractivity contribution in [2.45, 2.75) is 76.9 Å². The van der Waals surface area contributed by atoms with E-state index in [1.165, 1.54) is 70.6 Å². The third kappa shape index (κ3) is 4.97. The second kappa shape index (κ2) is 8.10. The molecule has 17 heavy (non-hydrogen) atoms. The summed E-state index contributed by atoms with van der Waals surface area (Å²) in [5.41, 5.74) is 0. The molecule has 0 amide bonds. The number of ether oxygens (including phenoxy) is 2. The molecule has 0 aromatic rings. The molecule has 0 atom stereocenters. The summed E-state index contributed by atoms with van der Waals surface area (Å²) in [6.07, 6.45) is 14.7. The molecule has 0 aromatic carbocycles. The highest BCUT2D eigenvalue weighted by molar-refractivity contribution is 4.68. The van der Waals surface area contributed by atoms with Gasteiger partial charge in [0.15, 0.2) is 6.29 Å². The van der Waals surface area contributed by atoms with E-state index in [9.17, 15) is 0 Å². The van der Waals surface area contributed by atoms with Gasteiger partial charge < -0.3 is 9.47 Å². The molecule has 1 saturated heterocycles. The molecule has 0 aromatic heterocycles. The second-order valence-electron chi connectivity index (χ2n) is 5.63. The number of hydrogen-bond acceptors (Lipinski definition) is 2. The smallest absolute Gasteiger partial charge is 0.160 e. The minimum Gasteiger partial charge on any atom is -0.352 e. The van der Waals surface area contributed by atoms with Crippen LogP contribution in [-0.4, -0.2) is 19.5 Å². The monoisotopic (exact) mass is 240 g/mol. The van der Waals surface area contributed by atoms with Gasteiger partial charge in [0.25, 0.3) is 0 Å². The predicted octanol–water partition coefficient (Wildman–Crippen LogP) is 4.28. The van der Waals surface area contributed by atoms with Crippen molar-refractivity contribution in [3.05, 3.63) is 0 Å². The first-order valence-electron chi connectivity index (χ1n) is 7.70. The molecule has 2 nitrogen and oxygen atoms in total. The predicted molar refractivity (Wildman–Crippen MR) is 70.0 cm³/mol. The van der Waals surface area contributed by atoms with Crippen LogP contribution in [0, 0.1) is 5.92 Å². The van der Waals surface area contributed by atoms with E-state index in [-0.39, 0.29) is 6.29 Å². The molecule has 1 saturated carbocycles. The van der Waals surface area contributed by atoms with Crippen LogP contribution in [0.2, 0.25) is 0 Å². The molecule has 1 aliphatic carbocycles. The number of hydrogen-bond donors (Lipinski definition) is 0.